The number of rotatable bonds is 5. The van der Waals surface area contributed by atoms with Crippen LogP contribution in [0.4, 0.5) is 18.9 Å². The van der Waals surface area contributed by atoms with Crippen molar-refractivity contribution < 1.29 is 13.2 Å². The Kier molecular flexibility index (Phi) is 4.69. The molecule has 106 valence electrons. The predicted molar refractivity (Wildman–Crippen MR) is 70.3 cm³/mol. The van der Waals surface area contributed by atoms with E-state index in [-0.39, 0.29) is 6.54 Å². The highest BCUT2D eigenvalue weighted by Gasteiger charge is 2.26. The molecule has 0 spiro atoms. The number of nitrogens with one attached hydrogen (secondary N) is 1. The average Bonchev–Trinajstić information content (AvgIpc) is 2.88. The third-order valence-electron chi connectivity index (χ3n) is 3.34. The molecule has 0 saturated carbocycles. The van der Waals surface area contributed by atoms with Crippen LogP contribution in [0.1, 0.15) is 24.8 Å². The number of alkyl halides is 3. The van der Waals surface area contributed by atoms with Crippen molar-refractivity contribution in [3.05, 3.63) is 29.8 Å². The first-order valence-corrected chi connectivity index (χ1v) is 6.66. The Morgan fingerprint density at radius 3 is 2.47 bits per heavy atom. The molecule has 1 saturated heterocycles. The van der Waals surface area contributed by atoms with Crippen LogP contribution in [0.2, 0.25) is 0 Å². The van der Waals surface area contributed by atoms with Crippen molar-refractivity contribution >= 4 is 5.69 Å². The molecule has 1 aliphatic heterocycles. The summed E-state index contributed by atoms with van der Waals surface area (Å²) in [5.41, 5.74) is 2.23. The van der Waals surface area contributed by atoms with E-state index in [0.717, 1.165) is 24.3 Å². The zero-order valence-electron chi connectivity index (χ0n) is 10.8. The summed E-state index contributed by atoms with van der Waals surface area (Å²) >= 11 is 0. The summed E-state index contributed by atoms with van der Waals surface area (Å²) < 4.78 is 36.2. The van der Waals surface area contributed by atoms with Gasteiger partial charge < -0.3 is 10.2 Å². The molecule has 1 N–H and O–H groups in total. The monoisotopic (exact) mass is 272 g/mol. The Bertz CT molecular complexity index is 398. The van der Waals surface area contributed by atoms with Crippen LogP contribution >= 0.6 is 0 Å². The molecule has 0 radical (unpaired) electrons. The highest BCUT2D eigenvalue weighted by atomic mass is 19.4. The summed E-state index contributed by atoms with van der Waals surface area (Å²) in [5, 5.41) is 2.88. The van der Waals surface area contributed by atoms with E-state index in [9.17, 15) is 13.2 Å². The van der Waals surface area contributed by atoms with E-state index in [1.54, 1.807) is 0 Å². The van der Waals surface area contributed by atoms with Crippen molar-refractivity contribution in [2.45, 2.75) is 32.0 Å². The fourth-order valence-electron chi connectivity index (χ4n) is 2.38. The van der Waals surface area contributed by atoms with Gasteiger partial charge in [0.25, 0.3) is 0 Å². The average molecular weight is 272 g/mol. The van der Waals surface area contributed by atoms with Gasteiger partial charge in [0, 0.05) is 31.9 Å². The summed E-state index contributed by atoms with van der Waals surface area (Å²) in [6.07, 6.45) is -2.48. The zero-order valence-corrected chi connectivity index (χ0v) is 10.8. The maximum atomic E-state index is 12.1. The van der Waals surface area contributed by atoms with Gasteiger partial charge in [-0.3, -0.25) is 0 Å². The predicted octanol–water partition coefficient (Wildman–Crippen LogP) is 3.33. The number of hydrogen-bond acceptors (Lipinski definition) is 2. The van der Waals surface area contributed by atoms with Crippen LogP contribution in [0.3, 0.4) is 0 Å². The lowest BCUT2D eigenvalue weighted by molar-refractivity contribution is -0.133. The lowest BCUT2D eigenvalue weighted by atomic mass is 10.1. The molecule has 0 aliphatic carbocycles. The summed E-state index contributed by atoms with van der Waals surface area (Å²) in [5.74, 6) is 0. The fourth-order valence-corrected chi connectivity index (χ4v) is 2.38. The molecule has 1 aromatic carbocycles. The summed E-state index contributed by atoms with van der Waals surface area (Å²) in [7, 11) is 0. The van der Waals surface area contributed by atoms with E-state index in [2.05, 4.69) is 10.2 Å². The minimum absolute atomic E-state index is 0.0299. The number of halogens is 3. The minimum atomic E-state index is -4.08. The van der Waals surface area contributed by atoms with Gasteiger partial charge in [0.1, 0.15) is 0 Å². The number of benzene rings is 1. The van der Waals surface area contributed by atoms with Crippen LogP contribution in [0.5, 0.6) is 0 Å². The molecule has 19 heavy (non-hydrogen) atoms. The van der Waals surface area contributed by atoms with E-state index in [1.807, 2.05) is 24.3 Å². The van der Waals surface area contributed by atoms with Gasteiger partial charge in [-0.15, -0.1) is 0 Å². The Morgan fingerprint density at radius 1 is 1.11 bits per heavy atom. The van der Waals surface area contributed by atoms with Crippen molar-refractivity contribution in [3.8, 4) is 0 Å². The SMILES string of the molecule is FC(F)(F)CCNCc1ccccc1N1CCCC1. The lowest BCUT2D eigenvalue weighted by Crippen LogP contribution is -2.24. The van der Waals surface area contributed by atoms with Crippen LogP contribution in [0.15, 0.2) is 24.3 Å². The molecular weight excluding hydrogens is 253 g/mol. The molecule has 1 heterocycles. The third kappa shape index (κ3) is 4.42. The molecule has 0 aromatic heterocycles. The minimum Gasteiger partial charge on any atom is -0.371 e. The second-order valence-electron chi connectivity index (χ2n) is 4.86. The van der Waals surface area contributed by atoms with E-state index >= 15 is 0 Å². The second kappa shape index (κ2) is 6.28. The third-order valence-corrected chi connectivity index (χ3v) is 3.34. The van der Waals surface area contributed by atoms with Crippen molar-refractivity contribution in [3.63, 3.8) is 0 Å². The molecule has 0 atom stereocenters. The second-order valence-corrected chi connectivity index (χ2v) is 4.86. The van der Waals surface area contributed by atoms with Gasteiger partial charge in [0.2, 0.25) is 0 Å². The molecule has 2 nitrogen and oxygen atoms in total. The molecule has 1 aromatic rings. The smallest absolute Gasteiger partial charge is 0.371 e. The highest BCUT2D eigenvalue weighted by molar-refractivity contribution is 5.54. The molecular formula is C14H19F3N2. The largest absolute Gasteiger partial charge is 0.390 e. The Morgan fingerprint density at radius 2 is 1.79 bits per heavy atom. The van der Waals surface area contributed by atoms with Gasteiger partial charge in [-0.25, -0.2) is 0 Å². The van der Waals surface area contributed by atoms with Crippen molar-refractivity contribution in [2.24, 2.45) is 0 Å². The van der Waals surface area contributed by atoms with Crippen LogP contribution in [-0.4, -0.2) is 25.8 Å². The molecule has 0 amide bonds. The van der Waals surface area contributed by atoms with Crippen molar-refractivity contribution in [2.75, 3.05) is 24.5 Å². The Balaban J connectivity index is 1.89. The molecule has 1 fully saturated rings. The number of nitrogens with zero attached hydrogens (tertiary/aromatic N) is 1. The van der Waals surface area contributed by atoms with Crippen molar-refractivity contribution in [1.82, 2.24) is 5.32 Å². The van der Waals surface area contributed by atoms with Gasteiger partial charge >= 0.3 is 6.18 Å². The van der Waals surface area contributed by atoms with Crippen LogP contribution in [-0.2, 0) is 6.54 Å². The standard InChI is InChI=1S/C14H19F3N2/c15-14(16,17)7-8-18-11-12-5-1-2-6-13(12)19-9-3-4-10-19/h1-2,5-6,18H,3-4,7-11H2. The van der Waals surface area contributed by atoms with Crippen molar-refractivity contribution in [1.29, 1.82) is 0 Å². The summed E-state index contributed by atoms with van der Waals surface area (Å²) in [6, 6.07) is 7.94. The van der Waals surface area contributed by atoms with E-state index < -0.39 is 12.6 Å². The van der Waals surface area contributed by atoms with Crippen LogP contribution < -0.4 is 10.2 Å². The van der Waals surface area contributed by atoms with Gasteiger partial charge in [-0.2, -0.15) is 13.2 Å². The molecule has 5 heteroatoms. The number of hydrogen-bond donors (Lipinski definition) is 1. The first-order valence-electron chi connectivity index (χ1n) is 6.66. The van der Waals surface area contributed by atoms with Crippen LogP contribution in [0, 0.1) is 0 Å². The first-order chi connectivity index (χ1) is 9.06. The van der Waals surface area contributed by atoms with Gasteiger partial charge in [0.15, 0.2) is 0 Å². The molecule has 1 aliphatic rings. The number of para-hydroxylation sites is 1. The Hall–Kier alpha value is -1.23. The zero-order chi connectivity index (χ0) is 13.7. The van der Waals surface area contributed by atoms with E-state index in [4.69, 9.17) is 0 Å². The van der Waals surface area contributed by atoms with E-state index in [0.29, 0.717) is 6.54 Å². The molecule has 0 unspecified atom stereocenters. The first kappa shape index (κ1) is 14.2. The molecule has 0 bridgehead atoms. The quantitative estimate of drug-likeness (QED) is 0.827. The summed E-state index contributed by atoms with van der Waals surface area (Å²) in [6.45, 7) is 2.54. The maximum Gasteiger partial charge on any atom is 0.390 e. The van der Waals surface area contributed by atoms with Gasteiger partial charge in [0.05, 0.1) is 6.42 Å². The Labute approximate surface area is 111 Å². The van der Waals surface area contributed by atoms with Gasteiger partial charge in [-0.1, -0.05) is 18.2 Å². The van der Waals surface area contributed by atoms with Gasteiger partial charge in [-0.05, 0) is 24.5 Å². The van der Waals surface area contributed by atoms with Crippen LogP contribution in [0.25, 0.3) is 0 Å². The normalized spacial score (nSPS) is 16.1. The topological polar surface area (TPSA) is 15.3 Å². The lowest BCUT2D eigenvalue weighted by Gasteiger charge is -2.21. The fraction of sp³-hybridized carbons (Fsp3) is 0.571. The summed E-state index contributed by atoms with van der Waals surface area (Å²) in [4.78, 5) is 2.31. The number of anilines is 1. The highest BCUT2D eigenvalue weighted by Crippen LogP contribution is 2.24. The van der Waals surface area contributed by atoms with E-state index in [1.165, 1.54) is 12.8 Å². The molecule has 2 rings (SSSR count). The maximum absolute atomic E-state index is 12.1.